The van der Waals surface area contributed by atoms with Crippen molar-refractivity contribution in [3.05, 3.63) is 87.2 Å². The van der Waals surface area contributed by atoms with Crippen LogP contribution in [0.2, 0.25) is 10.0 Å². The van der Waals surface area contributed by atoms with E-state index in [1.165, 1.54) is 24.3 Å². The van der Waals surface area contributed by atoms with Gasteiger partial charge in [0.2, 0.25) is 11.8 Å². The SMILES string of the molecule is O=C(CCC(F)(F)C(F)(F)F)Nc1c(F)ccc(NC(=O)c2cc(NC(=O)[C@H]3[C@H](c4ccc(F)c(Cl)c4)C3(Cl)Cl)ccc2Cl)c1F. The number of rotatable bonds is 9. The zero-order valence-electron chi connectivity index (χ0n) is 22.4. The lowest BCUT2D eigenvalue weighted by atomic mass is 10.1. The predicted molar refractivity (Wildman–Crippen MR) is 155 cm³/mol. The van der Waals surface area contributed by atoms with Crippen LogP contribution in [0.5, 0.6) is 0 Å². The van der Waals surface area contributed by atoms with Gasteiger partial charge >= 0.3 is 12.1 Å². The van der Waals surface area contributed by atoms with E-state index in [0.29, 0.717) is 11.6 Å². The van der Waals surface area contributed by atoms with E-state index < -0.39 is 87.7 Å². The second-order valence-corrected chi connectivity index (χ2v) is 12.2. The molecule has 0 aliphatic heterocycles. The van der Waals surface area contributed by atoms with Crippen LogP contribution in [0.25, 0.3) is 0 Å². The molecule has 246 valence electrons. The number of alkyl halides is 7. The molecular weight excluding hydrogens is 720 g/mol. The first-order valence-corrected chi connectivity index (χ1v) is 14.2. The lowest BCUT2D eigenvalue weighted by Gasteiger charge is -2.19. The highest BCUT2D eigenvalue weighted by Crippen LogP contribution is 2.65. The van der Waals surface area contributed by atoms with Gasteiger partial charge in [-0.15, -0.1) is 23.2 Å². The van der Waals surface area contributed by atoms with Crippen molar-refractivity contribution < 1.29 is 49.5 Å². The number of carbonyl (C=O) groups is 3. The standard InChI is InChI=1S/C28H17Cl4F8N3O3/c29-14-3-2-12(41-25(46)21-20(27(21,31)32)11-1-4-16(33)15(30)9-11)10-13(14)24(45)42-18-6-5-17(34)23(22(18)35)43-19(44)7-8-26(36,37)28(38,39)40/h1-6,9-10,20-21H,7-8H2,(H,41,46)(H,42,45)(H,43,44)/t20-,21+/m0/s1. The molecule has 6 nitrogen and oxygen atoms in total. The lowest BCUT2D eigenvalue weighted by Crippen LogP contribution is -2.37. The molecular formula is C28H17Cl4F8N3O3. The van der Waals surface area contributed by atoms with Crippen LogP contribution in [0.4, 0.5) is 52.2 Å². The minimum Gasteiger partial charge on any atom is -0.326 e. The van der Waals surface area contributed by atoms with Gasteiger partial charge in [0.05, 0.1) is 27.2 Å². The molecule has 4 rings (SSSR count). The molecule has 46 heavy (non-hydrogen) atoms. The molecule has 2 atom stereocenters. The van der Waals surface area contributed by atoms with E-state index in [9.17, 15) is 45.1 Å². The van der Waals surface area contributed by atoms with Gasteiger partial charge < -0.3 is 16.0 Å². The van der Waals surface area contributed by atoms with E-state index >= 15 is 4.39 Å². The van der Waals surface area contributed by atoms with Crippen molar-refractivity contribution in [2.75, 3.05) is 16.0 Å². The smallest absolute Gasteiger partial charge is 0.326 e. The van der Waals surface area contributed by atoms with Crippen molar-refractivity contribution in [1.29, 1.82) is 0 Å². The quantitative estimate of drug-likeness (QED) is 0.151. The predicted octanol–water partition coefficient (Wildman–Crippen LogP) is 9.11. The van der Waals surface area contributed by atoms with Gasteiger partial charge in [0, 0.05) is 24.4 Å². The van der Waals surface area contributed by atoms with Gasteiger partial charge in [0.1, 0.15) is 21.7 Å². The van der Waals surface area contributed by atoms with E-state index in [0.717, 1.165) is 18.2 Å². The molecule has 0 bridgehead atoms. The van der Waals surface area contributed by atoms with Gasteiger partial charge in [-0.25, -0.2) is 13.2 Å². The summed E-state index contributed by atoms with van der Waals surface area (Å²) in [7, 11) is 0. The Kier molecular flexibility index (Phi) is 10.1. The molecule has 0 saturated heterocycles. The van der Waals surface area contributed by atoms with Crippen LogP contribution in [0.3, 0.4) is 0 Å². The van der Waals surface area contributed by atoms with Crippen molar-refractivity contribution >= 4 is 81.2 Å². The van der Waals surface area contributed by atoms with Gasteiger partial charge in [-0.3, -0.25) is 14.4 Å². The van der Waals surface area contributed by atoms with Crippen LogP contribution in [0, 0.1) is 23.4 Å². The molecule has 3 aromatic rings. The Morgan fingerprint density at radius 1 is 0.804 bits per heavy atom. The van der Waals surface area contributed by atoms with E-state index in [1.807, 2.05) is 0 Å². The topological polar surface area (TPSA) is 87.3 Å². The first-order valence-electron chi connectivity index (χ1n) is 12.7. The number of nitrogens with one attached hydrogen (secondary N) is 3. The average molecular weight is 737 g/mol. The summed E-state index contributed by atoms with van der Waals surface area (Å²) in [6.45, 7) is 0. The van der Waals surface area contributed by atoms with Crippen LogP contribution in [0.15, 0.2) is 48.5 Å². The van der Waals surface area contributed by atoms with Crippen molar-refractivity contribution in [1.82, 2.24) is 0 Å². The molecule has 1 aliphatic rings. The highest BCUT2D eigenvalue weighted by atomic mass is 35.5. The van der Waals surface area contributed by atoms with Crippen LogP contribution in [-0.4, -0.2) is 34.2 Å². The molecule has 18 heteroatoms. The third kappa shape index (κ3) is 7.45. The normalized spacial score (nSPS) is 17.3. The van der Waals surface area contributed by atoms with Crippen LogP contribution >= 0.6 is 46.4 Å². The Labute approximate surface area is 274 Å². The Balaban J connectivity index is 1.46. The summed E-state index contributed by atoms with van der Waals surface area (Å²) in [4.78, 5) is 37.9. The summed E-state index contributed by atoms with van der Waals surface area (Å²) in [6.07, 6.45) is -9.36. The van der Waals surface area contributed by atoms with Gasteiger partial charge in [-0.05, 0) is 48.0 Å². The number of hydrogen-bond donors (Lipinski definition) is 3. The number of hydrogen-bond acceptors (Lipinski definition) is 3. The van der Waals surface area contributed by atoms with Gasteiger partial charge in [-0.1, -0.05) is 29.3 Å². The number of anilines is 3. The van der Waals surface area contributed by atoms with Crippen molar-refractivity contribution in [3.8, 4) is 0 Å². The van der Waals surface area contributed by atoms with Gasteiger partial charge in [-0.2, -0.15) is 22.0 Å². The van der Waals surface area contributed by atoms with Crippen molar-refractivity contribution in [3.63, 3.8) is 0 Å². The summed E-state index contributed by atoms with van der Waals surface area (Å²) in [5.41, 5.74) is -1.89. The van der Waals surface area contributed by atoms with E-state index in [-0.39, 0.29) is 21.3 Å². The van der Waals surface area contributed by atoms with Crippen molar-refractivity contribution in [2.24, 2.45) is 5.92 Å². The van der Waals surface area contributed by atoms with Gasteiger partial charge in [0.15, 0.2) is 5.82 Å². The fraction of sp³-hybridized carbons (Fsp3) is 0.250. The molecule has 0 heterocycles. The molecule has 0 spiro atoms. The third-order valence-corrected chi connectivity index (χ3v) is 8.36. The monoisotopic (exact) mass is 735 g/mol. The largest absolute Gasteiger partial charge is 0.453 e. The first kappa shape index (κ1) is 35.5. The highest BCUT2D eigenvalue weighted by Gasteiger charge is 2.67. The zero-order chi connectivity index (χ0) is 34.4. The maximum atomic E-state index is 15.0. The number of amides is 3. The maximum Gasteiger partial charge on any atom is 0.453 e. The molecule has 0 unspecified atom stereocenters. The van der Waals surface area contributed by atoms with Crippen LogP contribution in [0.1, 0.15) is 34.7 Å². The molecule has 3 amide bonds. The Morgan fingerprint density at radius 3 is 2.09 bits per heavy atom. The second-order valence-electron chi connectivity index (χ2n) is 9.98. The highest BCUT2D eigenvalue weighted by molar-refractivity contribution is 6.53. The van der Waals surface area contributed by atoms with E-state index in [2.05, 4.69) is 10.6 Å². The third-order valence-electron chi connectivity index (χ3n) is 6.80. The summed E-state index contributed by atoms with van der Waals surface area (Å²) < 4.78 is 105. The molecule has 0 radical (unpaired) electrons. The van der Waals surface area contributed by atoms with E-state index in [1.54, 1.807) is 5.32 Å². The second kappa shape index (κ2) is 13.1. The van der Waals surface area contributed by atoms with Crippen LogP contribution in [-0.2, 0) is 9.59 Å². The number of halogens is 12. The lowest BCUT2D eigenvalue weighted by molar-refractivity contribution is -0.284. The summed E-state index contributed by atoms with van der Waals surface area (Å²) in [5.74, 6) is -14.1. The molecule has 3 N–H and O–H groups in total. The summed E-state index contributed by atoms with van der Waals surface area (Å²) in [5, 5.41) is 5.76. The molecule has 0 aromatic heterocycles. The molecule has 1 fully saturated rings. The molecule has 1 aliphatic carbocycles. The minimum absolute atomic E-state index is 0.00895. The summed E-state index contributed by atoms with van der Waals surface area (Å²) in [6, 6.07) is 8.65. The van der Waals surface area contributed by atoms with Gasteiger partial charge in [0.25, 0.3) is 5.91 Å². The van der Waals surface area contributed by atoms with Crippen LogP contribution < -0.4 is 16.0 Å². The molecule has 1 saturated carbocycles. The Bertz CT molecular complexity index is 1720. The summed E-state index contributed by atoms with van der Waals surface area (Å²) >= 11 is 24.5. The van der Waals surface area contributed by atoms with Crippen molar-refractivity contribution in [2.45, 2.75) is 35.2 Å². The Hall–Kier alpha value is -3.33. The molecule has 3 aromatic carbocycles. The van der Waals surface area contributed by atoms with E-state index in [4.69, 9.17) is 46.4 Å². The first-order chi connectivity index (χ1) is 21.2. The fourth-order valence-corrected chi connectivity index (χ4v) is 5.56. The Morgan fingerprint density at radius 2 is 1.46 bits per heavy atom. The average Bonchev–Trinajstić information content (AvgIpc) is 3.55. The fourth-order valence-electron chi connectivity index (χ4n) is 4.34. The maximum absolute atomic E-state index is 15.0. The minimum atomic E-state index is -5.94. The number of benzene rings is 3. The number of carbonyl (C=O) groups excluding carboxylic acids is 3. The zero-order valence-corrected chi connectivity index (χ0v) is 25.5.